The molecule has 0 radical (unpaired) electrons. The lowest BCUT2D eigenvalue weighted by Crippen LogP contribution is -2.52. The molecule has 1 unspecified atom stereocenters. The van der Waals surface area contributed by atoms with Crippen LogP contribution in [0.4, 0.5) is 10.2 Å². The Balaban J connectivity index is 1.75. The molecular formula is C23H26FN5O. The number of likely N-dealkylation sites (N-methyl/N-ethyl adjacent to an activating group) is 1. The van der Waals surface area contributed by atoms with Crippen LogP contribution in [-0.4, -0.2) is 59.4 Å². The van der Waals surface area contributed by atoms with E-state index in [9.17, 15) is 4.39 Å². The quantitative estimate of drug-likeness (QED) is 0.627. The number of aromatic nitrogens is 3. The first kappa shape index (κ1) is 20.1. The Labute approximate surface area is 176 Å². The summed E-state index contributed by atoms with van der Waals surface area (Å²) in [5.74, 6) is 1.37. The summed E-state index contributed by atoms with van der Waals surface area (Å²) in [6.07, 6.45) is 3.54. The van der Waals surface area contributed by atoms with Crippen LogP contribution in [0.25, 0.3) is 22.4 Å². The molecule has 6 nitrogen and oxygen atoms in total. The molecule has 0 bridgehead atoms. The Morgan fingerprint density at radius 1 is 1.17 bits per heavy atom. The normalized spacial score (nSPS) is 17.2. The minimum atomic E-state index is -0.264. The van der Waals surface area contributed by atoms with Gasteiger partial charge in [0, 0.05) is 37.6 Å². The van der Waals surface area contributed by atoms with E-state index in [1.807, 2.05) is 19.1 Å². The molecule has 2 aromatic heterocycles. The van der Waals surface area contributed by atoms with Crippen LogP contribution in [0, 0.1) is 5.82 Å². The number of H-pyrrole nitrogens is 1. The Morgan fingerprint density at radius 3 is 2.60 bits per heavy atom. The zero-order valence-corrected chi connectivity index (χ0v) is 17.3. The van der Waals surface area contributed by atoms with Crippen LogP contribution in [0.2, 0.25) is 0 Å². The van der Waals surface area contributed by atoms with Crippen LogP contribution in [0.15, 0.2) is 61.1 Å². The van der Waals surface area contributed by atoms with Crippen molar-refractivity contribution in [1.29, 1.82) is 0 Å². The highest BCUT2D eigenvalue weighted by molar-refractivity contribution is 5.89. The van der Waals surface area contributed by atoms with E-state index >= 15 is 0 Å². The summed E-state index contributed by atoms with van der Waals surface area (Å²) >= 11 is 0. The first-order valence-corrected chi connectivity index (χ1v) is 10.1. The fraction of sp³-hybridized carbons (Fsp3) is 0.304. The number of hydrogen-bond donors (Lipinski definition) is 1. The Hall–Kier alpha value is -3.19. The molecule has 0 saturated carbocycles. The van der Waals surface area contributed by atoms with E-state index in [4.69, 9.17) is 4.74 Å². The second-order valence-electron chi connectivity index (χ2n) is 7.38. The smallest absolute Gasteiger partial charge is 0.159 e. The van der Waals surface area contributed by atoms with Gasteiger partial charge in [-0.2, -0.15) is 5.10 Å². The standard InChI is InChI=1S/C23H26FN5O/c1-4-30-16(2)20-15-29(14-13-28(20)3)23-21(17-9-11-25-12-10-17)22(26-27-23)18-5-7-19(24)8-6-18/h5-12,20H,2,4,13-15H2,1,3H3,(H,26,27). The fourth-order valence-electron chi connectivity index (χ4n) is 3.87. The van der Waals surface area contributed by atoms with Gasteiger partial charge in [0.05, 0.1) is 23.9 Å². The Bertz CT molecular complexity index is 1000. The molecule has 3 heterocycles. The second kappa shape index (κ2) is 8.67. The van der Waals surface area contributed by atoms with Gasteiger partial charge in [0.25, 0.3) is 0 Å². The molecule has 1 aromatic carbocycles. The van der Waals surface area contributed by atoms with E-state index in [0.717, 1.165) is 53.6 Å². The minimum absolute atomic E-state index is 0.0787. The summed E-state index contributed by atoms with van der Waals surface area (Å²) in [6.45, 7) is 9.11. The van der Waals surface area contributed by atoms with Gasteiger partial charge >= 0.3 is 0 Å². The summed E-state index contributed by atoms with van der Waals surface area (Å²) in [4.78, 5) is 8.66. The third-order valence-corrected chi connectivity index (χ3v) is 5.50. The van der Waals surface area contributed by atoms with E-state index in [1.165, 1.54) is 12.1 Å². The average Bonchev–Trinajstić information content (AvgIpc) is 3.20. The maximum Gasteiger partial charge on any atom is 0.159 e. The highest BCUT2D eigenvalue weighted by atomic mass is 19.1. The van der Waals surface area contributed by atoms with Gasteiger partial charge in [0.15, 0.2) is 5.82 Å². The van der Waals surface area contributed by atoms with Crippen molar-refractivity contribution >= 4 is 5.82 Å². The van der Waals surface area contributed by atoms with Crippen molar-refractivity contribution in [1.82, 2.24) is 20.1 Å². The second-order valence-corrected chi connectivity index (χ2v) is 7.38. The predicted molar refractivity (Wildman–Crippen MR) is 117 cm³/mol. The Kier molecular flexibility index (Phi) is 5.81. The fourth-order valence-corrected chi connectivity index (χ4v) is 3.87. The molecule has 1 fully saturated rings. The van der Waals surface area contributed by atoms with Crippen molar-refractivity contribution in [3.63, 3.8) is 0 Å². The lowest BCUT2D eigenvalue weighted by molar-refractivity contribution is 0.139. The number of hydrogen-bond acceptors (Lipinski definition) is 5. The SMILES string of the molecule is C=C(OCC)C1CN(c2n[nH]c(-c3ccc(F)cc3)c2-c2ccncc2)CCN1C. The van der Waals surface area contributed by atoms with Gasteiger partial charge in [0.1, 0.15) is 11.6 Å². The van der Waals surface area contributed by atoms with Gasteiger partial charge in [-0.25, -0.2) is 4.39 Å². The first-order chi connectivity index (χ1) is 14.6. The number of nitrogens with zero attached hydrogens (tertiary/aromatic N) is 4. The zero-order chi connectivity index (χ0) is 21.1. The topological polar surface area (TPSA) is 57.3 Å². The summed E-state index contributed by atoms with van der Waals surface area (Å²) < 4.78 is 19.2. The van der Waals surface area contributed by atoms with E-state index in [0.29, 0.717) is 6.61 Å². The molecule has 0 spiro atoms. The van der Waals surface area contributed by atoms with Gasteiger partial charge in [-0.05, 0) is 55.9 Å². The molecule has 156 valence electrons. The van der Waals surface area contributed by atoms with Crippen LogP contribution in [0.1, 0.15) is 6.92 Å². The zero-order valence-electron chi connectivity index (χ0n) is 17.3. The number of ether oxygens (including phenoxy) is 1. The molecule has 4 rings (SSSR count). The van der Waals surface area contributed by atoms with Gasteiger partial charge in [-0.15, -0.1) is 0 Å². The minimum Gasteiger partial charge on any atom is -0.497 e. The van der Waals surface area contributed by atoms with Crippen molar-refractivity contribution in [3.8, 4) is 22.4 Å². The van der Waals surface area contributed by atoms with E-state index in [2.05, 4.69) is 38.6 Å². The predicted octanol–water partition coefficient (Wildman–Crippen LogP) is 3.95. The van der Waals surface area contributed by atoms with Crippen LogP contribution in [0.3, 0.4) is 0 Å². The highest BCUT2D eigenvalue weighted by Crippen LogP contribution is 2.38. The summed E-state index contributed by atoms with van der Waals surface area (Å²) in [5.41, 5.74) is 3.73. The Morgan fingerprint density at radius 2 is 1.90 bits per heavy atom. The third kappa shape index (κ3) is 3.93. The average molecular weight is 407 g/mol. The molecule has 1 aliphatic heterocycles. The summed E-state index contributed by atoms with van der Waals surface area (Å²) in [5, 5.41) is 7.86. The number of nitrogens with one attached hydrogen (secondary N) is 1. The summed E-state index contributed by atoms with van der Waals surface area (Å²) in [6, 6.07) is 10.5. The molecule has 0 amide bonds. The number of pyridine rings is 1. The van der Waals surface area contributed by atoms with Gasteiger partial charge < -0.3 is 9.64 Å². The van der Waals surface area contributed by atoms with E-state index in [-0.39, 0.29) is 11.9 Å². The van der Waals surface area contributed by atoms with Crippen molar-refractivity contribution in [3.05, 3.63) is 66.9 Å². The largest absolute Gasteiger partial charge is 0.497 e. The van der Waals surface area contributed by atoms with E-state index in [1.54, 1.807) is 24.5 Å². The molecule has 1 atom stereocenters. The van der Waals surface area contributed by atoms with E-state index < -0.39 is 0 Å². The van der Waals surface area contributed by atoms with Gasteiger partial charge in [0.2, 0.25) is 0 Å². The highest BCUT2D eigenvalue weighted by Gasteiger charge is 2.31. The van der Waals surface area contributed by atoms with Crippen molar-refractivity contribution in [2.24, 2.45) is 0 Å². The molecular weight excluding hydrogens is 381 g/mol. The third-order valence-electron chi connectivity index (χ3n) is 5.50. The monoisotopic (exact) mass is 407 g/mol. The first-order valence-electron chi connectivity index (χ1n) is 10.1. The van der Waals surface area contributed by atoms with Gasteiger partial charge in [-0.1, -0.05) is 6.58 Å². The number of aromatic amines is 1. The molecule has 1 N–H and O–H groups in total. The lowest BCUT2D eigenvalue weighted by Gasteiger charge is -2.40. The van der Waals surface area contributed by atoms with Crippen LogP contribution >= 0.6 is 0 Å². The number of benzene rings is 1. The number of rotatable bonds is 6. The molecule has 7 heteroatoms. The van der Waals surface area contributed by atoms with Crippen molar-refractivity contribution < 1.29 is 9.13 Å². The van der Waals surface area contributed by atoms with Crippen LogP contribution in [-0.2, 0) is 4.74 Å². The maximum absolute atomic E-state index is 13.5. The number of piperazine rings is 1. The lowest BCUT2D eigenvalue weighted by atomic mass is 10.0. The summed E-state index contributed by atoms with van der Waals surface area (Å²) in [7, 11) is 2.09. The van der Waals surface area contributed by atoms with Crippen LogP contribution in [0.5, 0.6) is 0 Å². The molecule has 0 aliphatic carbocycles. The van der Waals surface area contributed by atoms with Crippen molar-refractivity contribution in [2.75, 3.05) is 38.2 Å². The van der Waals surface area contributed by atoms with Crippen LogP contribution < -0.4 is 4.90 Å². The molecule has 1 aliphatic rings. The molecule has 1 saturated heterocycles. The maximum atomic E-state index is 13.5. The molecule has 3 aromatic rings. The number of halogens is 1. The van der Waals surface area contributed by atoms with Crippen molar-refractivity contribution in [2.45, 2.75) is 13.0 Å². The number of anilines is 1. The van der Waals surface area contributed by atoms with Gasteiger partial charge in [-0.3, -0.25) is 15.0 Å². The molecule has 30 heavy (non-hydrogen) atoms.